The average Bonchev–Trinajstić information content (AvgIpc) is 3.17. The van der Waals surface area contributed by atoms with E-state index in [1.165, 1.54) is 7.11 Å². The molecule has 0 bridgehead atoms. The van der Waals surface area contributed by atoms with Crippen molar-refractivity contribution in [1.29, 1.82) is 0 Å². The van der Waals surface area contributed by atoms with E-state index in [9.17, 15) is 9.90 Å². The molecule has 2 atom stereocenters. The first-order valence-electron chi connectivity index (χ1n) is 9.13. The molecule has 1 heterocycles. The van der Waals surface area contributed by atoms with Gasteiger partial charge in [0, 0.05) is 11.5 Å². The summed E-state index contributed by atoms with van der Waals surface area (Å²) in [6, 6.07) is 5.61. The number of aromatic hydroxyl groups is 1. The van der Waals surface area contributed by atoms with Gasteiger partial charge in [0.1, 0.15) is 0 Å². The Morgan fingerprint density at radius 1 is 1.16 bits per heavy atom. The molecule has 1 N–H and O–H groups in total. The average molecular weight is 340 g/mol. The van der Waals surface area contributed by atoms with Crippen molar-refractivity contribution in [3.63, 3.8) is 0 Å². The molecular formula is C20H24N2O3. The van der Waals surface area contributed by atoms with Crippen LogP contribution in [0, 0.1) is 11.8 Å². The van der Waals surface area contributed by atoms with Crippen LogP contribution < -0.4 is 4.74 Å². The summed E-state index contributed by atoms with van der Waals surface area (Å²) in [6.45, 7) is 0. The number of nitrogens with zero attached hydrogens (tertiary/aromatic N) is 2. The summed E-state index contributed by atoms with van der Waals surface area (Å²) in [5.74, 6) is 0.770. The van der Waals surface area contributed by atoms with Crippen LogP contribution in [-0.4, -0.2) is 34.9 Å². The Bertz CT molecular complexity index is 734. The van der Waals surface area contributed by atoms with E-state index in [-0.39, 0.29) is 29.5 Å². The number of hydrazone groups is 1. The number of hydrogen-bond donors (Lipinski definition) is 1. The molecule has 1 aromatic carbocycles. The number of benzene rings is 1. The largest absolute Gasteiger partial charge is 0.504 e. The molecule has 1 aliphatic heterocycles. The first-order valence-corrected chi connectivity index (χ1v) is 9.13. The van der Waals surface area contributed by atoms with Gasteiger partial charge in [-0.3, -0.25) is 4.79 Å². The van der Waals surface area contributed by atoms with E-state index in [0.29, 0.717) is 5.75 Å². The van der Waals surface area contributed by atoms with Crippen molar-refractivity contribution < 1.29 is 14.6 Å². The summed E-state index contributed by atoms with van der Waals surface area (Å²) in [5.41, 5.74) is 1.79. The van der Waals surface area contributed by atoms with Gasteiger partial charge in [0.2, 0.25) is 5.91 Å². The standard InChI is InChI=1S/C20H24N2O3/c1-25-18-11-10-13(12-17(18)23)19-15-8-4-5-9-16(15)20(24)22(21-19)14-6-2-3-7-14/h4-5,10-12,14-16,23H,2-3,6-9H2,1H3/t15-,16+/m1/s1. The molecule has 5 heteroatoms. The summed E-state index contributed by atoms with van der Waals surface area (Å²) in [4.78, 5) is 13.0. The van der Waals surface area contributed by atoms with Gasteiger partial charge >= 0.3 is 0 Å². The van der Waals surface area contributed by atoms with Gasteiger partial charge in [-0.25, -0.2) is 5.01 Å². The van der Waals surface area contributed by atoms with E-state index in [1.807, 2.05) is 6.07 Å². The number of methoxy groups -OCH3 is 1. The number of hydrogen-bond acceptors (Lipinski definition) is 4. The van der Waals surface area contributed by atoms with E-state index in [2.05, 4.69) is 12.2 Å². The highest BCUT2D eigenvalue weighted by Crippen LogP contribution is 2.38. The number of allylic oxidation sites excluding steroid dienone is 2. The monoisotopic (exact) mass is 340 g/mol. The van der Waals surface area contributed by atoms with Crippen molar-refractivity contribution in [2.45, 2.75) is 44.6 Å². The summed E-state index contributed by atoms with van der Waals surface area (Å²) in [7, 11) is 1.54. The maximum Gasteiger partial charge on any atom is 0.247 e. The number of rotatable bonds is 3. The van der Waals surface area contributed by atoms with Gasteiger partial charge in [0.15, 0.2) is 11.5 Å². The summed E-state index contributed by atoms with van der Waals surface area (Å²) in [6.07, 6.45) is 10.2. The fourth-order valence-electron chi connectivity index (χ4n) is 4.33. The Morgan fingerprint density at radius 2 is 1.88 bits per heavy atom. The number of carbonyl (C=O) groups excluding carboxylic acids is 1. The second-order valence-electron chi connectivity index (χ2n) is 7.15. The third kappa shape index (κ3) is 2.81. The van der Waals surface area contributed by atoms with Gasteiger partial charge in [0.05, 0.1) is 24.8 Å². The number of fused-ring (bicyclic) bond motifs is 1. The van der Waals surface area contributed by atoms with Crippen LogP contribution in [-0.2, 0) is 4.79 Å². The maximum atomic E-state index is 13.0. The molecular weight excluding hydrogens is 316 g/mol. The topological polar surface area (TPSA) is 62.1 Å². The molecule has 0 radical (unpaired) electrons. The summed E-state index contributed by atoms with van der Waals surface area (Å²) >= 11 is 0. The molecule has 2 aliphatic carbocycles. The van der Waals surface area contributed by atoms with Gasteiger partial charge < -0.3 is 9.84 Å². The van der Waals surface area contributed by atoms with Gasteiger partial charge in [-0.2, -0.15) is 5.10 Å². The summed E-state index contributed by atoms with van der Waals surface area (Å²) < 4.78 is 5.15. The van der Waals surface area contributed by atoms with Crippen LogP contribution in [0.5, 0.6) is 11.5 Å². The predicted octanol–water partition coefficient (Wildman–Crippen LogP) is 3.47. The third-order valence-corrected chi connectivity index (χ3v) is 5.69. The van der Waals surface area contributed by atoms with Crippen molar-refractivity contribution in [3.8, 4) is 11.5 Å². The Hall–Kier alpha value is -2.30. The molecule has 1 fully saturated rings. The first kappa shape index (κ1) is 16.2. The lowest BCUT2D eigenvalue weighted by molar-refractivity contribution is -0.140. The molecule has 0 spiro atoms. The number of phenolic OH excluding ortho intramolecular Hbond substituents is 1. The van der Waals surface area contributed by atoms with E-state index in [4.69, 9.17) is 9.84 Å². The van der Waals surface area contributed by atoms with Crippen molar-refractivity contribution in [2.75, 3.05) is 7.11 Å². The van der Waals surface area contributed by atoms with Crippen molar-refractivity contribution in [1.82, 2.24) is 5.01 Å². The van der Waals surface area contributed by atoms with Crippen LogP contribution in [0.4, 0.5) is 0 Å². The van der Waals surface area contributed by atoms with Crippen LogP contribution >= 0.6 is 0 Å². The van der Waals surface area contributed by atoms with Gasteiger partial charge in [-0.15, -0.1) is 0 Å². The van der Waals surface area contributed by atoms with Crippen LogP contribution in [0.3, 0.4) is 0 Å². The second kappa shape index (κ2) is 6.54. The Kier molecular flexibility index (Phi) is 4.24. The molecule has 0 aromatic heterocycles. The minimum Gasteiger partial charge on any atom is -0.504 e. The highest BCUT2D eigenvalue weighted by atomic mass is 16.5. The van der Waals surface area contributed by atoms with E-state index >= 15 is 0 Å². The van der Waals surface area contributed by atoms with Gasteiger partial charge in [-0.1, -0.05) is 25.0 Å². The van der Waals surface area contributed by atoms with E-state index < -0.39 is 0 Å². The minimum absolute atomic E-state index is 0.0395. The number of carbonyl (C=O) groups is 1. The molecule has 0 saturated heterocycles. The zero-order valence-electron chi connectivity index (χ0n) is 14.5. The molecule has 5 nitrogen and oxygen atoms in total. The van der Waals surface area contributed by atoms with Crippen LogP contribution in [0.25, 0.3) is 0 Å². The lowest BCUT2D eigenvalue weighted by Gasteiger charge is -2.39. The molecule has 0 unspecified atom stereocenters. The van der Waals surface area contributed by atoms with Crippen LogP contribution in [0.2, 0.25) is 0 Å². The molecule has 25 heavy (non-hydrogen) atoms. The van der Waals surface area contributed by atoms with Crippen LogP contribution in [0.15, 0.2) is 35.5 Å². The van der Waals surface area contributed by atoms with Crippen molar-refractivity contribution in [2.24, 2.45) is 16.9 Å². The highest BCUT2D eigenvalue weighted by molar-refractivity contribution is 6.07. The predicted molar refractivity (Wildman–Crippen MR) is 95.7 cm³/mol. The quantitative estimate of drug-likeness (QED) is 0.857. The molecule has 3 aliphatic rings. The normalized spacial score (nSPS) is 26.5. The van der Waals surface area contributed by atoms with Crippen molar-refractivity contribution in [3.05, 3.63) is 35.9 Å². The SMILES string of the molecule is COc1ccc(C2=NN(C3CCCC3)C(=O)[C@H]3CC=CC[C@@H]23)cc1O. The number of amides is 1. The Labute approximate surface area is 148 Å². The lowest BCUT2D eigenvalue weighted by atomic mass is 9.76. The first-order chi connectivity index (χ1) is 12.2. The zero-order valence-corrected chi connectivity index (χ0v) is 14.5. The molecule has 1 saturated carbocycles. The fraction of sp³-hybridized carbons (Fsp3) is 0.500. The molecule has 132 valence electrons. The highest BCUT2D eigenvalue weighted by Gasteiger charge is 2.42. The Balaban J connectivity index is 1.76. The van der Waals surface area contributed by atoms with Crippen molar-refractivity contribution >= 4 is 11.6 Å². The van der Waals surface area contributed by atoms with Gasteiger partial charge in [0.25, 0.3) is 0 Å². The third-order valence-electron chi connectivity index (χ3n) is 5.69. The Morgan fingerprint density at radius 3 is 2.56 bits per heavy atom. The zero-order chi connectivity index (χ0) is 17.4. The number of ether oxygens (including phenoxy) is 1. The van der Waals surface area contributed by atoms with Gasteiger partial charge in [-0.05, 0) is 43.9 Å². The summed E-state index contributed by atoms with van der Waals surface area (Å²) in [5, 5.41) is 16.7. The minimum atomic E-state index is -0.0395. The molecule has 1 amide bonds. The maximum absolute atomic E-state index is 13.0. The molecule has 1 aromatic rings. The smallest absolute Gasteiger partial charge is 0.247 e. The van der Waals surface area contributed by atoms with Crippen LogP contribution in [0.1, 0.15) is 44.1 Å². The lowest BCUT2D eigenvalue weighted by Crippen LogP contribution is -2.48. The van der Waals surface area contributed by atoms with E-state index in [0.717, 1.165) is 49.8 Å². The van der Waals surface area contributed by atoms with E-state index in [1.54, 1.807) is 17.1 Å². The number of phenols is 1. The molecule has 4 rings (SSSR count). The fourth-order valence-corrected chi connectivity index (χ4v) is 4.33. The second-order valence-corrected chi connectivity index (χ2v) is 7.15.